The summed E-state index contributed by atoms with van der Waals surface area (Å²) in [6.07, 6.45) is 3.91. The SMILES string of the molecule is COc1ccc(C(Cc2ccccn2)N2CCCC2C(=O)O)c(OC)c1. The van der Waals surface area contributed by atoms with Crippen molar-refractivity contribution in [1.29, 1.82) is 0 Å². The standard InChI is InChI=1S/C20H24N2O4/c1-25-15-8-9-16(19(13-15)26-2)18(12-14-6-3-4-10-21-14)22-11-5-7-17(22)20(23)24/h3-4,6,8-10,13,17-18H,5,7,11-12H2,1-2H3,(H,23,24). The Hall–Kier alpha value is -2.60. The molecular formula is C20H24N2O4. The van der Waals surface area contributed by atoms with Crippen molar-refractivity contribution in [1.82, 2.24) is 9.88 Å². The summed E-state index contributed by atoms with van der Waals surface area (Å²) in [4.78, 5) is 18.2. The van der Waals surface area contributed by atoms with E-state index in [0.29, 0.717) is 24.3 Å². The molecule has 0 aliphatic carbocycles. The molecule has 1 N–H and O–H groups in total. The second-order valence-electron chi connectivity index (χ2n) is 6.38. The molecule has 0 bridgehead atoms. The predicted octanol–water partition coefficient (Wildman–Crippen LogP) is 2.93. The number of likely N-dealkylation sites (tertiary alicyclic amines) is 1. The van der Waals surface area contributed by atoms with E-state index in [1.165, 1.54) is 0 Å². The molecule has 1 aromatic heterocycles. The number of nitrogens with zero attached hydrogens (tertiary/aromatic N) is 2. The topological polar surface area (TPSA) is 71.9 Å². The van der Waals surface area contributed by atoms with Crippen LogP contribution in [0.4, 0.5) is 0 Å². The number of hydrogen-bond acceptors (Lipinski definition) is 5. The molecule has 1 aliphatic heterocycles. The zero-order valence-electron chi connectivity index (χ0n) is 15.1. The van der Waals surface area contributed by atoms with Crippen molar-refractivity contribution in [3.8, 4) is 11.5 Å². The van der Waals surface area contributed by atoms with Gasteiger partial charge in [0.15, 0.2) is 0 Å². The Bertz CT molecular complexity index is 751. The molecule has 1 aliphatic rings. The highest BCUT2D eigenvalue weighted by Crippen LogP contribution is 2.38. The maximum absolute atomic E-state index is 11.7. The summed E-state index contributed by atoms with van der Waals surface area (Å²) in [6.45, 7) is 0.740. The third-order valence-electron chi connectivity index (χ3n) is 4.91. The Morgan fingerprint density at radius 2 is 2.15 bits per heavy atom. The van der Waals surface area contributed by atoms with Gasteiger partial charge in [-0.15, -0.1) is 0 Å². The third-order valence-corrected chi connectivity index (χ3v) is 4.91. The molecule has 2 atom stereocenters. The molecule has 1 saturated heterocycles. The minimum absolute atomic E-state index is 0.130. The number of carboxylic acid groups (broad SMARTS) is 1. The number of ether oxygens (including phenoxy) is 2. The Morgan fingerprint density at radius 3 is 2.81 bits per heavy atom. The zero-order chi connectivity index (χ0) is 18.5. The first-order chi connectivity index (χ1) is 12.6. The predicted molar refractivity (Wildman–Crippen MR) is 97.6 cm³/mol. The molecule has 2 aromatic rings. The summed E-state index contributed by atoms with van der Waals surface area (Å²) >= 11 is 0. The van der Waals surface area contributed by atoms with Crippen LogP contribution >= 0.6 is 0 Å². The number of rotatable bonds is 7. The van der Waals surface area contributed by atoms with Gasteiger partial charge < -0.3 is 14.6 Å². The fourth-order valence-electron chi connectivity index (χ4n) is 3.64. The van der Waals surface area contributed by atoms with E-state index in [2.05, 4.69) is 9.88 Å². The lowest BCUT2D eigenvalue weighted by Gasteiger charge is -2.32. The molecule has 1 fully saturated rings. The van der Waals surface area contributed by atoms with Crippen LogP contribution in [-0.2, 0) is 11.2 Å². The first-order valence-electron chi connectivity index (χ1n) is 8.74. The van der Waals surface area contributed by atoms with Gasteiger partial charge in [-0.3, -0.25) is 14.7 Å². The number of aromatic nitrogens is 1. The van der Waals surface area contributed by atoms with E-state index >= 15 is 0 Å². The lowest BCUT2D eigenvalue weighted by atomic mass is 9.97. The van der Waals surface area contributed by atoms with Crippen molar-refractivity contribution in [2.45, 2.75) is 31.3 Å². The fourth-order valence-corrected chi connectivity index (χ4v) is 3.64. The Kier molecular flexibility index (Phi) is 5.73. The van der Waals surface area contributed by atoms with Crippen LogP contribution in [0.1, 0.15) is 30.1 Å². The van der Waals surface area contributed by atoms with Crippen molar-refractivity contribution >= 4 is 5.97 Å². The molecule has 2 heterocycles. The van der Waals surface area contributed by atoms with E-state index < -0.39 is 12.0 Å². The smallest absolute Gasteiger partial charge is 0.320 e. The van der Waals surface area contributed by atoms with Crippen LogP contribution in [0.2, 0.25) is 0 Å². The molecule has 2 unspecified atom stereocenters. The lowest BCUT2D eigenvalue weighted by molar-refractivity contribution is -0.143. The van der Waals surface area contributed by atoms with Crippen molar-refractivity contribution in [3.05, 3.63) is 53.9 Å². The van der Waals surface area contributed by atoms with Gasteiger partial charge in [0, 0.05) is 36.0 Å². The first-order valence-corrected chi connectivity index (χ1v) is 8.74. The summed E-state index contributed by atoms with van der Waals surface area (Å²) in [5.74, 6) is 0.626. The minimum atomic E-state index is -0.777. The van der Waals surface area contributed by atoms with Gasteiger partial charge in [0.05, 0.1) is 14.2 Å². The van der Waals surface area contributed by atoms with E-state index in [1.807, 2.05) is 36.4 Å². The van der Waals surface area contributed by atoms with Crippen molar-refractivity contribution < 1.29 is 19.4 Å². The molecule has 6 nitrogen and oxygen atoms in total. The van der Waals surface area contributed by atoms with Gasteiger partial charge in [0.1, 0.15) is 17.5 Å². The second kappa shape index (κ2) is 8.19. The molecule has 1 aromatic carbocycles. The molecule has 6 heteroatoms. The van der Waals surface area contributed by atoms with E-state index in [4.69, 9.17) is 9.47 Å². The average molecular weight is 356 g/mol. The van der Waals surface area contributed by atoms with Gasteiger partial charge in [-0.1, -0.05) is 12.1 Å². The fraction of sp³-hybridized carbons (Fsp3) is 0.400. The number of carbonyl (C=O) groups is 1. The van der Waals surface area contributed by atoms with E-state index in [1.54, 1.807) is 20.4 Å². The van der Waals surface area contributed by atoms with Crippen LogP contribution in [0.3, 0.4) is 0 Å². The van der Waals surface area contributed by atoms with Gasteiger partial charge in [-0.2, -0.15) is 0 Å². The molecular weight excluding hydrogens is 332 g/mol. The van der Waals surface area contributed by atoms with Crippen molar-refractivity contribution in [2.75, 3.05) is 20.8 Å². The van der Waals surface area contributed by atoms with E-state index in [0.717, 1.165) is 24.2 Å². The van der Waals surface area contributed by atoms with Gasteiger partial charge in [-0.05, 0) is 37.6 Å². The summed E-state index contributed by atoms with van der Waals surface area (Å²) in [6, 6.07) is 10.9. The molecule has 0 saturated carbocycles. The molecule has 3 rings (SSSR count). The normalized spacial score (nSPS) is 18.5. The quantitative estimate of drug-likeness (QED) is 0.822. The summed E-state index contributed by atoms with van der Waals surface area (Å²) in [5, 5.41) is 9.65. The lowest BCUT2D eigenvalue weighted by Crippen LogP contribution is -2.39. The number of methoxy groups -OCH3 is 2. The molecule has 0 radical (unpaired) electrons. The molecule has 0 amide bonds. The number of hydrogen-bond donors (Lipinski definition) is 1. The Morgan fingerprint density at radius 1 is 1.31 bits per heavy atom. The highest BCUT2D eigenvalue weighted by atomic mass is 16.5. The molecule has 0 spiro atoms. The Labute approximate surface area is 153 Å². The van der Waals surface area contributed by atoms with E-state index in [9.17, 15) is 9.90 Å². The van der Waals surface area contributed by atoms with Crippen LogP contribution in [0.25, 0.3) is 0 Å². The van der Waals surface area contributed by atoms with E-state index in [-0.39, 0.29) is 6.04 Å². The second-order valence-corrected chi connectivity index (χ2v) is 6.38. The largest absolute Gasteiger partial charge is 0.497 e. The summed E-state index contributed by atoms with van der Waals surface area (Å²) < 4.78 is 10.9. The maximum atomic E-state index is 11.7. The van der Waals surface area contributed by atoms with Crippen LogP contribution < -0.4 is 9.47 Å². The van der Waals surface area contributed by atoms with Crippen LogP contribution in [0.15, 0.2) is 42.6 Å². The first kappa shape index (κ1) is 18.2. The van der Waals surface area contributed by atoms with Crippen molar-refractivity contribution in [3.63, 3.8) is 0 Å². The maximum Gasteiger partial charge on any atom is 0.320 e. The number of aliphatic carboxylic acids is 1. The number of carboxylic acids is 1. The van der Waals surface area contributed by atoms with Gasteiger partial charge in [0.2, 0.25) is 0 Å². The minimum Gasteiger partial charge on any atom is -0.497 e. The van der Waals surface area contributed by atoms with Gasteiger partial charge >= 0.3 is 5.97 Å². The Balaban J connectivity index is 2.01. The van der Waals surface area contributed by atoms with Gasteiger partial charge in [-0.25, -0.2) is 0 Å². The monoisotopic (exact) mass is 356 g/mol. The average Bonchev–Trinajstić information content (AvgIpc) is 3.16. The summed E-state index contributed by atoms with van der Waals surface area (Å²) in [5.41, 5.74) is 1.87. The number of benzene rings is 1. The zero-order valence-corrected chi connectivity index (χ0v) is 15.1. The molecule has 26 heavy (non-hydrogen) atoms. The van der Waals surface area contributed by atoms with Crippen LogP contribution in [0.5, 0.6) is 11.5 Å². The highest BCUT2D eigenvalue weighted by molar-refractivity contribution is 5.74. The molecule has 138 valence electrons. The number of pyridine rings is 1. The van der Waals surface area contributed by atoms with Crippen LogP contribution in [-0.4, -0.2) is 47.8 Å². The van der Waals surface area contributed by atoms with Crippen molar-refractivity contribution in [2.24, 2.45) is 0 Å². The van der Waals surface area contributed by atoms with Gasteiger partial charge in [0.25, 0.3) is 0 Å². The highest BCUT2D eigenvalue weighted by Gasteiger charge is 2.37. The summed E-state index contributed by atoms with van der Waals surface area (Å²) in [7, 11) is 3.23. The third kappa shape index (κ3) is 3.80. The van der Waals surface area contributed by atoms with Crippen LogP contribution in [0, 0.1) is 0 Å².